The number of rotatable bonds is 1. The molecule has 0 bridgehead atoms. The molecule has 14 heavy (non-hydrogen) atoms. The minimum Gasteiger partial charge on any atom is -0.738 e. The first kappa shape index (κ1) is 9.23. The highest BCUT2D eigenvalue weighted by Gasteiger charge is 2.08. The quantitative estimate of drug-likeness (QED) is 0.586. The van der Waals surface area contributed by atoms with Crippen LogP contribution in [0.4, 0.5) is 0 Å². The van der Waals surface area contributed by atoms with E-state index in [0.717, 1.165) is 5.56 Å². The molecular formula is C8H6ClN4S-. The normalized spacial score (nSPS) is 10.4. The molecule has 1 aromatic carbocycles. The van der Waals surface area contributed by atoms with Gasteiger partial charge in [-0.1, -0.05) is 23.7 Å². The van der Waals surface area contributed by atoms with Gasteiger partial charge in [0.15, 0.2) is 5.82 Å². The lowest BCUT2D eigenvalue weighted by Crippen LogP contribution is -2.11. The molecule has 72 valence electrons. The third kappa shape index (κ3) is 1.40. The third-order valence-electron chi connectivity index (χ3n) is 1.78. The molecule has 2 N–H and O–H groups in total. The molecule has 0 aliphatic rings. The van der Waals surface area contributed by atoms with Crippen molar-refractivity contribution in [3.05, 3.63) is 29.3 Å². The largest absolute Gasteiger partial charge is 0.738 e. The summed E-state index contributed by atoms with van der Waals surface area (Å²) >= 11 is 10.8. The van der Waals surface area contributed by atoms with E-state index in [0.29, 0.717) is 10.8 Å². The van der Waals surface area contributed by atoms with Gasteiger partial charge in [0.1, 0.15) is 0 Å². The lowest BCUT2D eigenvalue weighted by molar-refractivity contribution is 0.854. The van der Waals surface area contributed by atoms with Gasteiger partial charge in [-0.15, -0.1) is 5.10 Å². The molecule has 0 radical (unpaired) electrons. The first-order valence-electron chi connectivity index (χ1n) is 3.82. The Kier molecular flexibility index (Phi) is 2.26. The zero-order valence-corrected chi connectivity index (χ0v) is 8.59. The van der Waals surface area contributed by atoms with Gasteiger partial charge in [0.2, 0.25) is 0 Å². The van der Waals surface area contributed by atoms with Gasteiger partial charge in [0.25, 0.3) is 0 Å². The van der Waals surface area contributed by atoms with Crippen LogP contribution >= 0.6 is 11.6 Å². The predicted octanol–water partition coefficient (Wildman–Crippen LogP) is 1.22. The van der Waals surface area contributed by atoms with E-state index in [2.05, 4.69) is 10.2 Å². The van der Waals surface area contributed by atoms with Crippen molar-refractivity contribution in [1.29, 1.82) is 0 Å². The van der Waals surface area contributed by atoms with Crippen LogP contribution in [-0.2, 0) is 12.6 Å². The Morgan fingerprint density at radius 1 is 1.29 bits per heavy atom. The minimum absolute atomic E-state index is 0.236. The molecular weight excluding hydrogens is 220 g/mol. The van der Waals surface area contributed by atoms with Crippen LogP contribution in [0, 0.1) is 0 Å². The van der Waals surface area contributed by atoms with Gasteiger partial charge in [0.05, 0.1) is 5.02 Å². The summed E-state index contributed by atoms with van der Waals surface area (Å²) < 4.78 is 1.23. The Morgan fingerprint density at radius 2 is 2.00 bits per heavy atom. The summed E-state index contributed by atoms with van der Waals surface area (Å²) in [6.07, 6.45) is 0. The van der Waals surface area contributed by atoms with Crippen LogP contribution in [0.25, 0.3) is 11.4 Å². The van der Waals surface area contributed by atoms with Gasteiger partial charge < -0.3 is 18.5 Å². The van der Waals surface area contributed by atoms with Gasteiger partial charge in [-0.2, -0.15) is 5.10 Å². The first-order valence-corrected chi connectivity index (χ1v) is 4.61. The number of nitrogens with zero attached hydrogens (tertiary/aromatic N) is 3. The summed E-state index contributed by atoms with van der Waals surface area (Å²) in [5.74, 6) is 6.11. The van der Waals surface area contributed by atoms with Gasteiger partial charge >= 0.3 is 0 Å². The van der Waals surface area contributed by atoms with E-state index in [4.69, 9.17) is 30.1 Å². The molecule has 0 atom stereocenters. The molecule has 1 heterocycles. The van der Waals surface area contributed by atoms with E-state index >= 15 is 0 Å². The minimum atomic E-state index is 0.236. The highest BCUT2D eigenvalue weighted by molar-refractivity contribution is 7.58. The zero-order chi connectivity index (χ0) is 10.1. The van der Waals surface area contributed by atoms with Crippen molar-refractivity contribution < 1.29 is 0 Å². The molecule has 1 aromatic heterocycles. The number of halogens is 1. The van der Waals surface area contributed by atoms with Crippen LogP contribution in [0.15, 0.2) is 29.4 Å². The lowest BCUT2D eigenvalue weighted by atomic mass is 10.2. The van der Waals surface area contributed by atoms with Gasteiger partial charge in [-0.05, 0) is 12.1 Å². The van der Waals surface area contributed by atoms with E-state index < -0.39 is 0 Å². The number of hydrogen-bond donors (Lipinski definition) is 1. The van der Waals surface area contributed by atoms with Gasteiger partial charge in [-0.3, -0.25) is 0 Å². The molecule has 0 saturated heterocycles. The Balaban J connectivity index is 2.60. The Morgan fingerprint density at radius 3 is 2.57 bits per heavy atom. The zero-order valence-electron chi connectivity index (χ0n) is 7.01. The standard InChI is InChI=1S/C8H7ClN4S/c9-6-4-2-1-3-5(6)7-11-12-8(14)13(7)10/h1-4H,10H2,(H,12,14)/p-1. The number of hydrogen-bond acceptors (Lipinski definition) is 4. The summed E-state index contributed by atoms with van der Waals surface area (Å²) in [6, 6.07) is 7.25. The molecule has 0 aliphatic carbocycles. The van der Waals surface area contributed by atoms with E-state index in [9.17, 15) is 0 Å². The monoisotopic (exact) mass is 225 g/mol. The van der Waals surface area contributed by atoms with Gasteiger partial charge in [-0.25, -0.2) is 4.68 Å². The highest BCUT2D eigenvalue weighted by atomic mass is 35.5. The summed E-state index contributed by atoms with van der Waals surface area (Å²) in [4.78, 5) is 0. The molecule has 2 rings (SSSR count). The molecule has 6 heteroatoms. The molecule has 0 aliphatic heterocycles. The average Bonchev–Trinajstić information content (AvgIpc) is 2.49. The molecule has 2 aromatic rings. The Hall–Kier alpha value is -1.33. The maximum absolute atomic E-state index is 5.97. The van der Waals surface area contributed by atoms with E-state index in [1.54, 1.807) is 6.07 Å². The van der Waals surface area contributed by atoms with Crippen molar-refractivity contribution in [3.8, 4) is 11.4 Å². The molecule has 4 nitrogen and oxygen atoms in total. The second kappa shape index (κ2) is 3.43. The average molecular weight is 226 g/mol. The van der Waals surface area contributed by atoms with Crippen molar-refractivity contribution in [2.45, 2.75) is 5.16 Å². The molecule has 0 spiro atoms. The van der Waals surface area contributed by atoms with Crippen LogP contribution in [0.3, 0.4) is 0 Å². The van der Waals surface area contributed by atoms with Crippen LogP contribution in [0.1, 0.15) is 0 Å². The SMILES string of the molecule is Nn1c([S-])nnc1-c1ccccc1Cl. The van der Waals surface area contributed by atoms with Crippen molar-refractivity contribution in [2.24, 2.45) is 0 Å². The fraction of sp³-hybridized carbons (Fsp3) is 0. The van der Waals surface area contributed by atoms with Crippen molar-refractivity contribution in [2.75, 3.05) is 5.84 Å². The van der Waals surface area contributed by atoms with E-state index in [1.807, 2.05) is 18.2 Å². The number of benzene rings is 1. The lowest BCUT2D eigenvalue weighted by Gasteiger charge is -2.06. The number of aromatic nitrogens is 3. The summed E-state index contributed by atoms with van der Waals surface area (Å²) in [5, 5.41) is 8.33. The summed E-state index contributed by atoms with van der Waals surface area (Å²) in [6.45, 7) is 0. The maximum atomic E-state index is 5.97. The fourth-order valence-corrected chi connectivity index (χ4v) is 1.45. The number of nitrogen functional groups attached to an aromatic ring is 1. The van der Waals surface area contributed by atoms with E-state index in [-0.39, 0.29) is 5.16 Å². The van der Waals surface area contributed by atoms with E-state index in [1.165, 1.54) is 4.68 Å². The molecule has 0 saturated carbocycles. The molecule has 0 amide bonds. The second-order valence-corrected chi connectivity index (χ2v) is 3.43. The fourth-order valence-electron chi connectivity index (χ4n) is 1.10. The molecule has 0 fully saturated rings. The van der Waals surface area contributed by atoms with Crippen LogP contribution in [-0.4, -0.2) is 14.9 Å². The van der Waals surface area contributed by atoms with Gasteiger partial charge in [0, 0.05) is 10.7 Å². The third-order valence-corrected chi connectivity index (χ3v) is 2.39. The number of nitrogens with two attached hydrogens (primary N) is 1. The van der Waals surface area contributed by atoms with Crippen molar-refractivity contribution in [1.82, 2.24) is 14.9 Å². The van der Waals surface area contributed by atoms with Crippen molar-refractivity contribution in [3.63, 3.8) is 0 Å². The maximum Gasteiger partial charge on any atom is 0.182 e. The summed E-state index contributed by atoms with van der Waals surface area (Å²) in [5.41, 5.74) is 0.722. The topological polar surface area (TPSA) is 56.7 Å². The molecule has 0 unspecified atom stereocenters. The Bertz CT molecular complexity index is 468. The van der Waals surface area contributed by atoms with Crippen LogP contribution < -0.4 is 5.84 Å². The smallest absolute Gasteiger partial charge is 0.182 e. The van der Waals surface area contributed by atoms with Crippen LogP contribution in [0.5, 0.6) is 0 Å². The summed E-state index contributed by atoms with van der Waals surface area (Å²) in [7, 11) is 0. The first-order chi connectivity index (χ1) is 6.70. The Labute approximate surface area is 91.1 Å². The predicted molar refractivity (Wildman–Crippen MR) is 56.2 cm³/mol. The van der Waals surface area contributed by atoms with Crippen LogP contribution in [0.2, 0.25) is 5.02 Å². The second-order valence-electron chi connectivity index (χ2n) is 2.66. The highest BCUT2D eigenvalue weighted by Crippen LogP contribution is 2.25. The van der Waals surface area contributed by atoms with Crippen molar-refractivity contribution >= 4 is 24.2 Å².